The lowest BCUT2D eigenvalue weighted by molar-refractivity contribution is -0.112. The number of hydrogen-bond acceptors (Lipinski definition) is 4. The maximum absolute atomic E-state index is 13.8. The first-order chi connectivity index (χ1) is 16.3. The van der Waals surface area contributed by atoms with Gasteiger partial charge in [0, 0.05) is 15.6 Å². The number of para-hydroxylation sites is 1. The van der Waals surface area contributed by atoms with Crippen LogP contribution < -0.4 is 14.8 Å². The molecule has 0 saturated heterocycles. The highest BCUT2D eigenvalue weighted by molar-refractivity contribution is 6.35. The number of carbonyl (C=O) groups is 1. The zero-order valence-electron chi connectivity index (χ0n) is 17.9. The Morgan fingerprint density at radius 1 is 1.09 bits per heavy atom. The third-order valence-corrected chi connectivity index (χ3v) is 5.38. The summed E-state index contributed by atoms with van der Waals surface area (Å²) in [4.78, 5) is 12.5. The number of benzene rings is 3. The fourth-order valence-corrected chi connectivity index (χ4v) is 3.67. The molecule has 0 fully saturated rings. The van der Waals surface area contributed by atoms with Crippen molar-refractivity contribution in [3.05, 3.63) is 92.2 Å². The number of rotatable bonds is 8. The Labute approximate surface area is 211 Å². The molecule has 0 atom stereocenters. The minimum atomic E-state index is -0.764. The van der Waals surface area contributed by atoms with Crippen LogP contribution in [0.3, 0.4) is 0 Å². The fraction of sp³-hybridized carbons (Fsp3) is 0.120. The van der Waals surface area contributed by atoms with Gasteiger partial charge < -0.3 is 14.8 Å². The number of ether oxygens (including phenoxy) is 2. The second kappa shape index (κ2) is 11.8. The van der Waals surface area contributed by atoms with Crippen molar-refractivity contribution in [3.8, 4) is 17.6 Å². The molecule has 0 aliphatic rings. The number of nitriles is 1. The second-order valence-corrected chi connectivity index (χ2v) is 8.14. The first kappa shape index (κ1) is 25.4. The van der Waals surface area contributed by atoms with Crippen LogP contribution >= 0.6 is 34.8 Å². The summed E-state index contributed by atoms with van der Waals surface area (Å²) in [6, 6.07) is 15.6. The Hall–Kier alpha value is -3.24. The highest BCUT2D eigenvalue weighted by atomic mass is 35.5. The van der Waals surface area contributed by atoms with Crippen molar-refractivity contribution in [2.24, 2.45) is 0 Å². The van der Waals surface area contributed by atoms with Crippen molar-refractivity contribution in [2.75, 3.05) is 11.9 Å². The van der Waals surface area contributed by atoms with Crippen LogP contribution in [0.15, 0.2) is 60.2 Å². The van der Waals surface area contributed by atoms with Crippen LogP contribution in [0.1, 0.15) is 18.1 Å². The van der Waals surface area contributed by atoms with Gasteiger partial charge in [0.15, 0.2) is 11.5 Å². The maximum atomic E-state index is 13.8. The number of nitrogens with zero attached hydrogens (tertiary/aromatic N) is 1. The van der Waals surface area contributed by atoms with Gasteiger partial charge in [0.2, 0.25) is 0 Å². The Morgan fingerprint density at radius 3 is 2.53 bits per heavy atom. The van der Waals surface area contributed by atoms with Crippen LogP contribution in [-0.4, -0.2) is 12.5 Å². The quantitative estimate of drug-likeness (QED) is 0.250. The molecule has 0 aromatic heterocycles. The number of carbonyl (C=O) groups excluding carboxylic acids is 1. The van der Waals surface area contributed by atoms with E-state index in [1.807, 2.05) is 6.07 Å². The molecule has 3 rings (SSSR count). The lowest BCUT2D eigenvalue weighted by Gasteiger charge is -2.15. The number of hydrogen-bond donors (Lipinski definition) is 1. The molecule has 3 aromatic rings. The first-order valence-electron chi connectivity index (χ1n) is 10.0. The van der Waals surface area contributed by atoms with E-state index < -0.39 is 11.7 Å². The van der Waals surface area contributed by atoms with E-state index in [9.17, 15) is 14.4 Å². The summed E-state index contributed by atoms with van der Waals surface area (Å²) in [5.74, 6) is -0.782. The van der Waals surface area contributed by atoms with Crippen LogP contribution in [0.25, 0.3) is 6.08 Å². The van der Waals surface area contributed by atoms with Gasteiger partial charge in [-0.05, 0) is 55.0 Å². The monoisotopic (exact) mass is 518 g/mol. The molecule has 0 aliphatic heterocycles. The molecule has 1 amide bonds. The Balaban J connectivity index is 1.87. The molecule has 1 N–H and O–H groups in total. The van der Waals surface area contributed by atoms with Gasteiger partial charge in [-0.3, -0.25) is 4.79 Å². The van der Waals surface area contributed by atoms with E-state index in [2.05, 4.69) is 5.32 Å². The SMILES string of the molecule is CCOc1cc(/C=C(/C#N)C(=O)Nc2ccccc2F)cc(Cl)c1OCc1ccc(Cl)cc1Cl. The Morgan fingerprint density at radius 2 is 1.85 bits per heavy atom. The van der Waals surface area contributed by atoms with Crippen molar-refractivity contribution >= 4 is 52.5 Å². The highest BCUT2D eigenvalue weighted by Gasteiger charge is 2.16. The zero-order chi connectivity index (χ0) is 24.7. The molecule has 174 valence electrons. The summed E-state index contributed by atoms with van der Waals surface area (Å²) in [6.07, 6.45) is 1.32. The molecule has 0 aliphatic carbocycles. The van der Waals surface area contributed by atoms with E-state index in [1.54, 1.807) is 37.3 Å². The van der Waals surface area contributed by atoms with E-state index >= 15 is 0 Å². The average Bonchev–Trinajstić information content (AvgIpc) is 2.79. The van der Waals surface area contributed by atoms with Crippen LogP contribution in [0.2, 0.25) is 15.1 Å². The molecule has 5 nitrogen and oxygen atoms in total. The van der Waals surface area contributed by atoms with Gasteiger partial charge in [0.25, 0.3) is 5.91 Å². The van der Waals surface area contributed by atoms with Gasteiger partial charge in [0.1, 0.15) is 24.1 Å². The molecule has 3 aromatic carbocycles. The summed E-state index contributed by atoms with van der Waals surface area (Å²) in [5.41, 5.74) is 0.838. The standard InChI is InChI=1S/C25H18Cl3FN2O3/c1-2-33-23-11-15(9-17(13-30)25(32)31-22-6-4-3-5-21(22)29)10-20(28)24(23)34-14-16-7-8-18(26)12-19(16)27/h3-12H,2,14H2,1H3,(H,31,32)/b17-9-. The molecule has 9 heteroatoms. The summed E-state index contributed by atoms with van der Waals surface area (Å²) in [7, 11) is 0. The van der Waals surface area contributed by atoms with E-state index in [0.29, 0.717) is 33.5 Å². The van der Waals surface area contributed by atoms with Gasteiger partial charge >= 0.3 is 0 Å². The van der Waals surface area contributed by atoms with Gasteiger partial charge in [-0.15, -0.1) is 0 Å². The van der Waals surface area contributed by atoms with Crippen molar-refractivity contribution < 1.29 is 18.7 Å². The van der Waals surface area contributed by atoms with Gasteiger partial charge in [-0.25, -0.2) is 4.39 Å². The van der Waals surface area contributed by atoms with Crippen LogP contribution in [-0.2, 0) is 11.4 Å². The third kappa shape index (κ3) is 6.42. The van der Waals surface area contributed by atoms with E-state index in [4.69, 9.17) is 44.3 Å². The van der Waals surface area contributed by atoms with Crippen molar-refractivity contribution in [1.82, 2.24) is 0 Å². The van der Waals surface area contributed by atoms with Crippen molar-refractivity contribution in [1.29, 1.82) is 5.26 Å². The molecule has 34 heavy (non-hydrogen) atoms. The molecule has 0 bridgehead atoms. The lowest BCUT2D eigenvalue weighted by Crippen LogP contribution is -2.14. The Kier molecular flexibility index (Phi) is 8.78. The largest absolute Gasteiger partial charge is 0.490 e. The summed E-state index contributed by atoms with van der Waals surface area (Å²) < 4.78 is 25.4. The average molecular weight is 520 g/mol. The summed E-state index contributed by atoms with van der Waals surface area (Å²) >= 11 is 18.6. The minimum absolute atomic E-state index is 0.0358. The number of anilines is 1. The predicted octanol–water partition coefficient (Wildman–Crippen LogP) is 7.31. The molecule has 0 saturated carbocycles. The number of amides is 1. The highest BCUT2D eigenvalue weighted by Crippen LogP contribution is 2.38. The third-order valence-electron chi connectivity index (χ3n) is 4.52. The van der Waals surface area contributed by atoms with Crippen LogP contribution in [0, 0.1) is 17.1 Å². The minimum Gasteiger partial charge on any atom is -0.490 e. The molecule has 0 spiro atoms. The van der Waals surface area contributed by atoms with E-state index in [-0.39, 0.29) is 28.6 Å². The first-order valence-corrected chi connectivity index (χ1v) is 11.2. The summed E-state index contributed by atoms with van der Waals surface area (Å²) in [6.45, 7) is 2.22. The predicted molar refractivity (Wildman–Crippen MR) is 132 cm³/mol. The molecule has 0 radical (unpaired) electrons. The second-order valence-electron chi connectivity index (χ2n) is 6.89. The van der Waals surface area contributed by atoms with Gasteiger partial charge in [-0.2, -0.15) is 5.26 Å². The van der Waals surface area contributed by atoms with Crippen molar-refractivity contribution in [3.63, 3.8) is 0 Å². The smallest absolute Gasteiger partial charge is 0.266 e. The molecule has 0 unspecified atom stereocenters. The fourth-order valence-electron chi connectivity index (χ4n) is 2.93. The van der Waals surface area contributed by atoms with E-state index in [0.717, 1.165) is 0 Å². The number of halogens is 4. The van der Waals surface area contributed by atoms with E-state index in [1.165, 1.54) is 30.3 Å². The molecule has 0 heterocycles. The van der Waals surface area contributed by atoms with Crippen LogP contribution in [0.5, 0.6) is 11.5 Å². The maximum Gasteiger partial charge on any atom is 0.266 e. The molecular weight excluding hydrogens is 502 g/mol. The van der Waals surface area contributed by atoms with Gasteiger partial charge in [0.05, 0.1) is 17.3 Å². The van der Waals surface area contributed by atoms with Crippen LogP contribution in [0.4, 0.5) is 10.1 Å². The zero-order valence-corrected chi connectivity index (χ0v) is 20.1. The molecular formula is C25H18Cl3FN2O3. The number of nitrogens with one attached hydrogen (secondary N) is 1. The Bertz CT molecular complexity index is 1290. The summed E-state index contributed by atoms with van der Waals surface area (Å²) in [5, 5.41) is 13.0. The van der Waals surface area contributed by atoms with Crippen molar-refractivity contribution in [2.45, 2.75) is 13.5 Å². The lowest BCUT2D eigenvalue weighted by atomic mass is 10.1. The normalized spacial score (nSPS) is 11.0. The topological polar surface area (TPSA) is 71.3 Å². The van der Waals surface area contributed by atoms with Gasteiger partial charge in [-0.1, -0.05) is 53.0 Å².